The van der Waals surface area contributed by atoms with Crippen molar-refractivity contribution in [2.75, 3.05) is 7.11 Å². The first-order valence-electron chi connectivity index (χ1n) is 13.5. The van der Waals surface area contributed by atoms with Crippen molar-refractivity contribution in [1.82, 2.24) is 29.3 Å². The van der Waals surface area contributed by atoms with E-state index in [1.807, 2.05) is 69.3 Å². The second-order valence-electron chi connectivity index (χ2n) is 10.9. The maximum Gasteiger partial charge on any atom is 0.439 e. The van der Waals surface area contributed by atoms with Gasteiger partial charge in [0.15, 0.2) is 5.82 Å². The normalized spacial score (nSPS) is 12.3. The standard InChI is InChI=1S/C30H33N7O4/c1-6-9-24-23(27(38)36(28-31-18-32-37(24)28)17-25(34-40-5)30(2,3)4)16-19-12-14-20(15-13-19)21-10-7-8-11-22(21)26-33-29(39)41-35-26/h7-8,10-15,18H,6,9,16-17H2,1-5H3,(H,33,35,39)/b34-25-. The molecule has 0 aliphatic heterocycles. The first kappa shape index (κ1) is 27.8. The average Bonchev–Trinajstić information content (AvgIpc) is 3.61. The summed E-state index contributed by atoms with van der Waals surface area (Å²) in [6.45, 7) is 8.41. The second kappa shape index (κ2) is 11.4. The Morgan fingerprint density at radius 3 is 2.44 bits per heavy atom. The van der Waals surface area contributed by atoms with E-state index >= 15 is 0 Å². The summed E-state index contributed by atoms with van der Waals surface area (Å²) in [4.78, 5) is 37.8. The van der Waals surface area contributed by atoms with Gasteiger partial charge in [-0.15, -0.1) is 0 Å². The van der Waals surface area contributed by atoms with Gasteiger partial charge in [-0.2, -0.15) is 10.1 Å². The lowest BCUT2D eigenvalue weighted by molar-refractivity contribution is 0.207. The smallest absolute Gasteiger partial charge is 0.399 e. The number of benzene rings is 2. The molecule has 0 aliphatic carbocycles. The van der Waals surface area contributed by atoms with Crippen LogP contribution in [0.1, 0.15) is 50.9 Å². The SMILES string of the molecule is CCCc1c(Cc2ccc(-c3ccccc3-c3noc(=O)[nH]3)cc2)c(=O)n(C/C(=N/OC)C(C)(C)C)c2ncnn12. The highest BCUT2D eigenvalue weighted by Crippen LogP contribution is 2.30. The highest BCUT2D eigenvalue weighted by Gasteiger charge is 2.25. The Morgan fingerprint density at radius 1 is 1.07 bits per heavy atom. The lowest BCUT2D eigenvalue weighted by atomic mass is 9.90. The molecule has 0 saturated carbocycles. The minimum Gasteiger partial charge on any atom is -0.399 e. The van der Waals surface area contributed by atoms with Gasteiger partial charge in [-0.3, -0.25) is 18.9 Å². The number of hydrogen-bond donors (Lipinski definition) is 1. The van der Waals surface area contributed by atoms with E-state index in [1.54, 1.807) is 9.08 Å². The molecule has 3 heterocycles. The van der Waals surface area contributed by atoms with Crippen molar-refractivity contribution >= 4 is 11.5 Å². The molecular weight excluding hydrogens is 522 g/mol. The maximum absolute atomic E-state index is 14.1. The minimum atomic E-state index is -0.605. The monoisotopic (exact) mass is 555 g/mol. The number of nitrogens with zero attached hydrogens (tertiary/aromatic N) is 6. The fraction of sp³-hybridized carbons (Fsp3) is 0.333. The Bertz CT molecular complexity index is 1820. The molecular formula is C30H33N7O4. The van der Waals surface area contributed by atoms with Gasteiger partial charge in [0, 0.05) is 23.0 Å². The lowest BCUT2D eigenvalue weighted by Crippen LogP contribution is -2.35. The Hall–Kier alpha value is -4.80. The zero-order valence-electron chi connectivity index (χ0n) is 23.8. The van der Waals surface area contributed by atoms with Gasteiger partial charge in [-0.1, -0.05) is 93.0 Å². The van der Waals surface area contributed by atoms with Gasteiger partial charge in [0.05, 0.1) is 18.0 Å². The largest absolute Gasteiger partial charge is 0.439 e. The van der Waals surface area contributed by atoms with Crippen LogP contribution in [0.2, 0.25) is 0 Å². The van der Waals surface area contributed by atoms with Crippen molar-refractivity contribution in [1.29, 1.82) is 0 Å². The Balaban J connectivity index is 1.55. The fourth-order valence-electron chi connectivity index (χ4n) is 4.89. The Kier molecular flexibility index (Phi) is 7.69. The van der Waals surface area contributed by atoms with E-state index in [4.69, 9.17) is 9.36 Å². The minimum absolute atomic E-state index is 0.119. The highest BCUT2D eigenvalue weighted by molar-refractivity contribution is 5.89. The predicted molar refractivity (Wildman–Crippen MR) is 156 cm³/mol. The van der Waals surface area contributed by atoms with Gasteiger partial charge in [-0.25, -0.2) is 9.31 Å². The van der Waals surface area contributed by atoms with Crippen LogP contribution in [0.3, 0.4) is 0 Å². The van der Waals surface area contributed by atoms with Gasteiger partial charge >= 0.3 is 5.76 Å². The molecule has 0 amide bonds. The zero-order chi connectivity index (χ0) is 29.1. The Labute approximate surface area is 236 Å². The van der Waals surface area contributed by atoms with E-state index in [0.717, 1.165) is 40.1 Å². The topological polar surface area (TPSA) is 133 Å². The Morgan fingerprint density at radius 2 is 1.80 bits per heavy atom. The third-order valence-corrected chi connectivity index (χ3v) is 7.01. The molecule has 0 spiro atoms. The molecule has 5 rings (SSSR count). The number of aromatic amines is 1. The molecule has 5 aromatic rings. The van der Waals surface area contributed by atoms with Crippen LogP contribution in [0.15, 0.2) is 74.1 Å². The second-order valence-corrected chi connectivity index (χ2v) is 10.9. The number of hydrogen-bond acceptors (Lipinski definition) is 8. The molecule has 0 fully saturated rings. The number of nitrogens with one attached hydrogen (secondary N) is 1. The average molecular weight is 556 g/mol. The molecule has 0 radical (unpaired) electrons. The summed E-state index contributed by atoms with van der Waals surface area (Å²) >= 11 is 0. The number of aryl methyl sites for hydroxylation is 1. The van der Waals surface area contributed by atoms with Crippen molar-refractivity contribution in [3.05, 3.63) is 92.6 Å². The predicted octanol–water partition coefficient (Wildman–Crippen LogP) is 4.49. The quantitative estimate of drug-likeness (QED) is 0.209. The van der Waals surface area contributed by atoms with Crippen molar-refractivity contribution in [2.45, 2.75) is 53.5 Å². The van der Waals surface area contributed by atoms with Crippen molar-refractivity contribution in [2.24, 2.45) is 10.6 Å². The molecule has 41 heavy (non-hydrogen) atoms. The number of rotatable bonds is 9. The highest BCUT2D eigenvalue weighted by atomic mass is 16.6. The molecule has 0 bridgehead atoms. The molecule has 0 aliphatic rings. The molecule has 0 saturated heterocycles. The zero-order valence-corrected chi connectivity index (χ0v) is 23.8. The van der Waals surface area contributed by atoms with Crippen molar-refractivity contribution in [3.8, 4) is 22.5 Å². The van der Waals surface area contributed by atoms with Crippen LogP contribution in [0.4, 0.5) is 0 Å². The van der Waals surface area contributed by atoms with Crippen LogP contribution in [0.5, 0.6) is 0 Å². The summed E-state index contributed by atoms with van der Waals surface area (Å²) in [6.07, 6.45) is 3.44. The summed E-state index contributed by atoms with van der Waals surface area (Å²) in [5.41, 5.74) is 5.37. The van der Waals surface area contributed by atoms with Crippen LogP contribution < -0.4 is 11.3 Å². The molecule has 0 unspecified atom stereocenters. The third kappa shape index (κ3) is 5.60. The first-order chi connectivity index (χ1) is 19.7. The van der Waals surface area contributed by atoms with E-state index in [-0.39, 0.29) is 17.5 Å². The molecule has 0 atom stereocenters. The van der Waals surface area contributed by atoms with E-state index in [2.05, 4.69) is 32.3 Å². The number of aromatic nitrogens is 6. The van der Waals surface area contributed by atoms with Gasteiger partial charge in [0.1, 0.15) is 13.4 Å². The summed E-state index contributed by atoms with van der Waals surface area (Å²) in [5, 5.41) is 12.6. The molecule has 3 aromatic heterocycles. The van der Waals surface area contributed by atoms with E-state index in [0.29, 0.717) is 30.0 Å². The summed E-state index contributed by atoms with van der Waals surface area (Å²) < 4.78 is 8.12. The van der Waals surface area contributed by atoms with Crippen LogP contribution in [-0.4, -0.2) is 42.1 Å². The molecule has 212 valence electrons. The first-order valence-corrected chi connectivity index (χ1v) is 13.5. The summed E-state index contributed by atoms with van der Waals surface area (Å²) in [7, 11) is 1.50. The summed E-state index contributed by atoms with van der Waals surface area (Å²) in [6, 6.07) is 15.7. The van der Waals surface area contributed by atoms with E-state index in [9.17, 15) is 9.59 Å². The number of fused-ring (bicyclic) bond motifs is 1. The van der Waals surface area contributed by atoms with Gasteiger partial charge in [0.25, 0.3) is 5.56 Å². The van der Waals surface area contributed by atoms with Gasteiger partial charge in [-0.05, 0) is 23.1 Å². The molecule has 1 N–H and O–H groups in total. The van der Waals surface area contributed by atoms with Crippen LogP contribution in [-0.2, 0) is 24.2 Å². The number of H-pyrrole nitrogens is 1. The van der Waals surface area contributed by atoms with E-state index < -0.39 is 5.76 Å². The van der Waals surface area contributed by atoms with Gasteiger partial charge in [0.2, 0.25) is 5.78 Å². The number of oxime groups is 1. The van der Waals surface area contributed by atoms with Crippen LogP contribution in [0.25, 0.3) is 28.3 Å². The third-order valence-electron chi connectivity index (χ3n) is 7.01. The van der Waals surface area contributed by atoms with Crippen LogP contribution in [0, 0.1) is 5.41 Å². The molecule has 2 aromatic carbocycles. The summed E-state index contributed by atoms with van der Waals surface area (Å²) in [5.74, 6) is 0.242. The van der Waals surface area contributed by atoms with Gasteiger partial charge < -0.3 is 4.84 Å². The lowest BCUT2D eigenvalue weighted by Gasteiger charge is -2.22. The molecule has 11 heteroatoms. The fourth-order valence-corrected chi connectivity index (χ4v) is 4.89. The van der Waals surface area contributed by atoms with E-state index in [1.165, 1.54) is 13.4 Å². The van der Waals surface area contributed by atoms with Crippen LogP contribution >= 0.6 is 0 Å². The molecule has 11 nitrogen and oxygen atoms in total. The van der Waals surface area contributed by atoms with Crippen molar-refractivity contribution in [3.63, 3.8) is 0 Å². The van der Waals surface area contributed by atoms with Crippen molar-refractivity contribution < 1.29 is 9.36 Å². The maximum atomic E-state index is 14.1.